The summed E-state index contributed by atoms with van der Waals surface area (Å²) in [5.74, 6) is -1.32. The van der Waals surface area contributed by atoms with Gasteiger partial charge in [-0.05, 0) is 30.5 Å². The molecule has 7 heteroatoms. The second-order valence-corrected chi connectivity index (χ2v) is 8.09. The van der Waals surface area contributed by atoms with Crippen LogP contribution in [0.25, 0.3) is 0 Å². The molecule has 0 radical (unpaired) electrons. The van der Waals surface area contributed by atoms with Gasteiger partial charge in [-0.1, -0.05) is 20.8 Å². The van der Waals surface area contributed by atoms with Crippen LogP contribution in [-0.4, -0.2) is 36.9 Å². The van der Waals surface area contributed by atoms with Crippen LogP contribution >= 0.6 is 0 Å². The molecule has 0 aromatic heterocycles. The number of carboxylic acids is 1. The highest BCUT2D eigenvalue weighted by molar-refractivity contribution is 7.89. The number of aromatic carboxylic acids is 1. The molecule has 21 heavy (non-hydrogen) atoms. The molecule has 0 fully saturated rings. The molecule has 1 atom stereocenters. The Hall–Kier alpha value is -1.60. The number of nitrogens with zero attached hydrogens (tertiary/aromatic N) is 1. The summed E-state index contributed by atoms with van der Waals surface area (Å²) in [6.07, 6.45) is 0. The average molecular weight is 314 g/mol. The Morgan fingerprint density at radius 2 is 1.86 bits per heavy atom. The third-order valence-electron chi connectivity index (χ3n) is 3.69. The van der Waals surface area contributed by atoms with E-state index in [0.29, 0.717) is 0 Å². The number of nitrogens with two attached hydrogens (primary N) is 1. The normalized spacial score (nSPS) is 14.2. The second-order valence-electron chi connectivity index (χ2n) is 6.12. The third kappa shape index (κ3) is 3.54. The minimum Gasteiger partial charge on any atom is -0.478 e. The van der Waals surface area contributed by atoms with Crippen molar-refractivity contribution in [2.75, 3.05) is 12.8 Å². The number of sulfonamides is 1. The van der Waals surface area contributed by atoms with E-state index in [1.54, 1.807) is 6.92 Å². The van der Waals surface area contributed by atoms with Crippen LogP contribution in [0.5, 0.6) is 0 Å². The lowest BCUT2D eigenvalue weighted by Crippen LogP contribution is -2.43. The molecular formula is C14H22N2O4S. The molecule has 118 valence electrons. The smallest absolute Gasteiger partial charge is 0.337 e. The van der Waals surface area contributed by atoms with E-state index in [1.165, 1.54) is 23.5 Å². The molecule has 0 bridgehead atoms. The van der Waals surface area contributed by atoms with Crippen LogP contribution in [0.3, 0.4) is 0 Å². The fourth-order valence-corrected chi connectivity index (χ4v) is 3.56. The third-order valence-corrected chi connectivity index (χ3v) is 5.68. The summed E-state index contributed by atoms with van der Waals surface area (Å²) in [5, 5.41) is 9.20. The second kappa shape index (κ2) is 5.65. The first-order chi connectivity index (χ1) is 9.39. The molecule has 6 nitrogen and oxygen atoms in total. The number of benzene rings is 1. The van der Waals surface area contributed by atoms with Gasteiger partial charge in [0, 0.05) is 18.8 Å². The number of nitrogen functional groups attached to an aromatic ring is 1. The van der Waals surface area contributed by atoms with Crippen molar-refractivity contribution in [1.29, 1.82) is 0 Å². The fourth-order valence-electron chi connectivity index (χ4n) is 1.85. The van der Waals surface area contributed by atoms with Crippen molar-refractivity contribution in [3.05, 3.63) is 23.8 Å². The van der Waals surface area contributed by atoms with Crippen LogP contribution in [-0.2, 0) is 10.0 Å². The minimum atomic E-state index is -3.92. The van der Waals surface area contributed by atoms with E-state index in [1.807, 2.05) is 20.8 Å². The van der Waals surface area contributed by atoms with Crippen LogP contribution in [0.2, 0.25) is 0 Å². The maximum Gasteiger partial charge on any atom is 0.337 e. The van der Waals surface area contributed by atoms with Gasteiger partial charge in [0.05, 0.1) is 10.5 Å². The molecule has 0 aliphatic carbocycles. The van der Waals surface area contributed by atoms with Gasteiger partial charge in [-0.3, -0.25) is 0 Å². The first kappa shape index (κ1) is 17.5. The van der Waals surface area contributed by atoms with Crippen molar-refractivity contribution in [1.82, 2.24) is 4.31 Å². The highest BCUT2D eigenvalue weighted by Crippen LogP contribution is 2.29. The molecule has 0 aliphatic heterocycles. The maximum atomic E-state index is 12.7. The first-order valence-electron chi connectivity index (χ1n) is 6.50. The Morgan fingerprint density at radius 3 is 2.29 bits per heavy atom. The van der Waals surface area contributed by atoms with E-state index in [0.717, 1.165) is 6.07 Å². The molecule has 1 aromatic carbocycles. The molecule has 0 heterocycles. The number of carboxylic acid groups (broad SMARTS) is 1. The van der Waals surface area contributed by atoms with Crippen LogP contribution in [0, 0.1) is 5.41 Å². The molecule has 0 spiro atoms. The fraction of sp³-hybridized carbons (Fsp3) is 0.500. The summed E-state index contributed by atoms with van der Waals surface area (Å²) in [5.41, 5.74) is 5.15. The van der Waals surface area contributed by atoms with Crippen molar-refractivity contribution >= 4 is 21.7 Å². The topological polar surface area (TPSA) is 101 Å². The van der Waals surface area contributed by atoms with E-state index in [-0.39, 0.29) is 27.6 Å². The molecular weight excluding hydrogens is 292 g/mol. The molecule has 0 saturated heterocycles. The monoisotopic (exact) mass is 314 g/mol. The van der Waals surface area contributed by atoms with Crippen LogP contribution < -0.4 is 5.73 Å². The summed E-state index contributed by atoms with van der Waals surface area (Å²) in [6.45, 7) is 7.55. The maximum absolute atomic E-state index is 12.7. The Balaban J connectivity index is 3.42. The van der Waals surface area contributed by atoms with Gasteiger partial charge in [0.15, 0.2) is 0 Å². The number of carbonyl (C=O) groups is 1. The van der Waals surface area contributed by atoms with E-state index >= 15 is 0 Å². The highest BCUT2D eigenvalue weighted by Gasteiger charge is 2.34. The summed E-state index contributed by atoms with van der Waals surface area (Å²) >= 11 is 0. The van der Waals surface area contributed by atoms with Gasteiger partial charge >= 0.3 is 5.97 Å². The van der Waals surface area contributed by atoms with Gasteiger partial charge in [-0.25, -0.2) is 13.2 Å². The predicted molar refractivity (Wildman–Crippen MR) is 81.7 cm³/mol. The van der Waals surface area contributed by atoms with Gasteiger partial charge in [0.25, 0.3) is 0 Å². The van der Waals surface area contributed by atoms with Crippen LogP contribution in [0.1, 0.15) is 38.1 Å². The van der Waals surface area contributed by atoms with Gasteiger partial charge in [0.2, 0.25) is 10.0 Å². The van der Waals surface area contributed by atoms with Crippen molar-refractivity contribution < 1.29 is 18.3 Å². The van der Waals surface area contributed by atoms with Gasteiger partial charge in [-0.15, -0.1) is 0 Å². The lowest BCUT2D eigenvalue weighted by molar-refractivity contribution is 0.0692. The standard InChI is InChI=1S/C14H22N2O4S/c1-9(14(2,3)4)16(5)21(19,20)12-7-6-10(15)8-11(12)13(17)18/h6-9H,15H2,1-5H3,(H,17,18). The Labute approximate surface area is 125 Å². The number of anilines is 1. The molecule has 3 N–H and O–H groups in total. The van der Waals surface area contributed by atoms with E-state index in [2.05, 4.69) is 0 Å². The predicted octanol–water partition coefficient (Wildman–Crippen LogP) is 2.02. The summed E-state index contributed by atoms with van der Waals surface area (Å²) in [4.78, 5) is 11.0. The zero-order valence-electron chi connectivity index (χ0n) is 12.9. The lowest BCUT2D eigenvalue weighted by atomic mass is 9.88. The molecule has 0 aliphatic rings. The Bertz CT molecular complexity index is 647. The molecule has 1 aromatic rings. The van der Waals surface area contributed by atoms with Gasteiger partial charge in [0.1, 0.15) is 0 Å². The molecule has 1 unspecified atom stereocenters. The van der Waals surface area contributed by atoms with E-state index in [9.17, 15) is 18.3 Å². The molecule has 1 rings (SSSR count). The van der Waals surface area contributed by atoms with Crippen molar-refractivity contribution in [2.24, 2.45) is 5.41 Å². The molecule has 0 saturated carbocycles. The minimum absolute atomic E-state index is 0.206. The zero-order chi connectivity index (χ0) is 16.6. The van der Waals surface area contributed by atoms with E-state index < -0.39 is 16.0 Å². The van der Waals surface area contributed by atoms with Gasteiger partial charge < -0.3 is 10.8 Å². The van der Waals surface area contributed by atoms with Crippen molar-refractivity contribution in [2.45, 2.75) is 38.6 Å². The van der Waals surface area contributed by atoms with E-state index in [4.69, 9.17) is 5.73 Å². The summed E-state index contributed by atoms with van der Waals surface area (Å²) in [7, 11) is -2.47. The van der Waals surface area contributed by atoms with Crippen molar-refractivity contribution in [3.8, 4) is 0 Å². The summed E-state index contributed by atoms with van der Waals surface area (Å²) < 4.78 is 26.6. The van der Waals surface area contributed by atoms with Crippen molar-refractivity contribution in [3.63, 3.8) is 0 Å². The quantitative estimate of drug-likeness (QED) is 0.828. The SMILES string of the molecule is CC(N(C)S(=O)(=O)c1ccc(N)cc1C(=O)O)C(C)(C)C. The van der Waals surface area contributed by atoms with Crippen LogP contribution in [0.15, 0.2) is 23.1 Å². The number of hydrogen-bond donors (Lipinski definition) is 2. The first-order valence-corrected chi connectivity index (χ1v) is 7.94. The largest absolute Gasteiger partial charge is 0.478 e. The highest BCUT2D eigenvalue weighted by atomic mass is 32.2. The lowest BCUT2D eigenvalue weighted by Gasteiger charge is -2.34. The van der Waals surface area contributed by atoms with Crippen LogP contribution in [0.4, 0.5) is 5.69 Å². The Kier molecular flexibility index (Phi) is 4.70. The summed E-state index contributed by atoms with van der Waals surface area (Å²) in [6, 6.07) is 3.47. The molecule has 0 amide bonds. The Morgan fingerprint density at radius 1 is 1.33 bits per heavy atom. The number of hydrogen-bond acceptors (Lipinski definition) is 4. The average Bonchev–Trinajstić information content (AvgIpc) is 2.35. The zero-order valence-corrected chi connectivity index (χ0v) is 13.7. The number of rotatable bonds is 4. The van der Waals surface area contributed by atoms with Gasteiger partial charge in [-0.2, -0.15) is 4.31 Å².